The SMILES string of the molecule is CC[C@@H](CCC[C@@H](CO[Si](C)(C)C(C)(C)C)N(C(C)C)S(=O)(=O)c1ccc([C@H](C)O[Si](C)(C)C(C)(C)C)cc1)N[S@](=O)C(C)(C)C. The van der Waals surface area contributed by atoms with Crippen LogP contribution in [0.5, 0.6) is 0 Å². The van der Waals surface area contributed by atoms with Crippen LogP contribution in [-0.2, 0) is 29.9 Å². The van der Waals surface area contributed by atoms with Crippen LogP contribution in [0.4, 0.5) is 0 Å². The Balaban J connectivity index is 3.37. The summed E-state index contributed by atoms with van der Waals surface area (Å²) in [7, 11) is -9.11. The predicted molar refractivity (Wildman–Crippen MR) is 203 cm³/mol. The van der Waals surface area contributed by atoms with Gasteiger partial charge in [0.1, 0.15) is 0 Å². The third-order valence-corrected chi connectivity index (χ3v) is 22.8. The number of nitrogens with zero attached hydrogens (tertiary/aromatic N) is 1. The van der Waals surface area contributed by atoms with Gasteiger partial charge in [0.05, 0.1) is 33.3 Å². The lowest BCUT2D eigenvalue weighted by Crippen LogP contribution is -2.50. The molecule has 1 aromatic carbocycles. The molecule has 46 heavy (non-hydrogen) atoms. The highest BCUT2D eigenvalue weighted by molar-refractivity contribution is 7.89. The minimum Gasteiger partial charge on any atom is -0.415 e. The largest absolute Gasteiger partial charge is 0.415 e. The van der Waals surface area contributed by atoms with Crippen LogP contribution in [-0.4, -0.2) is 63.0 Å². The summed E-state index contributed by atoms with van der Waals surface area (Å²) in [6, 6.07) is 6.77. The van der Waals surface area contributed by atoms with Crippen molar-refractivity contribution in [3.05, 3.63) is 29.8 Å². The van der Waals surface area contributed by atoms with Crippen LogP contribution in [0.1, 0.15) is 127 Å². The van der Waals surface area contributed by atoms with Crippen molar-refractivity contribution in [3.63, 3.8) is 0 Å². The Morgan fingerprint density at radius 2 is 1.35 bits per heavy atom. The Morgan fingerprint density at radius 3 is 1.76 bits per heavy atom. The summed E-state index contributed by atoms with van der Waals surface area (Å²) in [4.78, 5) is 0.287. The third kappa shape index (κ3) is 12.2. The van der Waals surface area contributed by atoms with E-state index < -0.39 is 37.6 Å². The monoisotopic (exact) mass is 718 g/mol. The van der Waals surface area contributed by atoms with Crippen molar-refractivity contribution in [2.75, 3.05) is 6.61 Å². The Labute approximate surface area is 289 Å². The van der Waals surface area contributed by atoms with Gasteiger partial charge in [-0.1, -0.05) is 67.0 Å². The molecule has 7 nitrogen and oxygen atoms in total. The van der Waals surface area contributed by atoms with Crippen LogP contribution in [0.15, 0.2) is 29.2 Å². The third-order valence-electron chi connectivity index (χ3n) is 9.93. The summed E-state index contributed by atoms with van der Waals surface area (Å²) in [6.07, 6.45) is 2.97. The molecular weight excluding hydrogens is 649 g/mol. The molecule has 4 atom stereocenters. The average molecular weight is 719 g/mol. The van der Waals surface area contributed by atoms with E-state index in [4.69, 9.17) is 8.85 Å². The van der Waals surface area contributed by atoms with E-state index in [1.807, 2.05) is 53.7 Å². The van der Waals surface area contributed by atoms with Gasteiger partial charge in [-0.2, -0.15) is 4.31 Å². The van der Waals surface area contributed by atoms with Crippen LogP contribution in [0.2, 0.25) is 36.3 Å². The molecule has 0 spiro atoms. The van der Waals surface area contributed by atoms with Crippen LogP contribution < -0.4 is 4.72 Å². The van der Waals surface area contributed by atoms with Gasteiger partial charge in [-0.3, -0.25) is 0 Å². The fourth-order valence-electron chi connectivity index (χ4n) is 4.69. The Bertz CT molecular complexity index is 1220. The zero-order valence-electron chi connectivity index (χ0n) is 32.5. The van der Waals surface area contributed by atoms with E-state index in [-0.39, 0.29) is 43.9 Å². The molecule has 0 radical (unpaired) electrons. The number of sulfonamides is 1. The zero-order valence-corrected chi connectivity index (χ0v) is 36.1. The zero-order chi connectivity index (χ0) is 36.1. The van der Waals surface area contributed by atoms with Gasteiger partial charge in [0.15, 0.2) is 16.6 Å². The maximum atomic E-state index is 14.4. The lowest BCUT2D eigenvalue weighted by Gasteiger charge is -2.40. The molecule has 0 aliphatic carbocycles. The second-order valence-electron chi connectivity index (χ2n) is 17.3. The molecule has 270 valence electrons. The molecular formula is C35H70N2O5S2Si2. The first-order chi connectivity index (χ1) is 20.6. The number of hydrogen-bond acceptors (Lipinski definition) is 5. The van der Waals surface area contributed by atoms with E-state index in [0.29, 0.717) is 13.0 Å². The second-order valence-corrected chi connectivity index (χ2v) is 30.7. The van der Waals surface area contributed by atoms with E-state index in [1.54, 1.807) is 16.4 Å². The van der Waals surface area contributed by atoms with Crippen molar-refractivity contribution < 1.29 is 21.5 Å². The van der Waals surface area contributed by atoms with Gasteiger partial charge in [0.25, 0.3) is 0 Å². The van der Waals surface area contributed by atoms with Gasteiger partial charge in [-0.25, -0.2) is 17.3 Å². The molecule has 11 heteroatoms. The predicted octanol–water partition coefficient (Wildman–Crippen LogP) is 9.56. The maximum Gasteiger partial charge on any atom is 0.243 e. The first kappa shape index (κ1) is 43.6. The van der Waals surface area contributed by atoms with Gasteiger partial charge in [-0.15, -0.1) is 0 Å². The van der Waals surface area contributed by atoms with Crippen LogP contribution >= 0.6 is 0 Å². The molecule has 0 unspecified atom stereocenters. The summed E-state index contributed by atoms with van der Waals surface area (Å²) < 4.78 is 59.5. The fourth-order valence-corrected chi connectivity index (χ4v) is 9.89. The van der Waals surface area contributed by atoms with Crippen LogP contribution in [0.3, 0.4) is 0 Å². The second kappa shape index (κ2) is 16.5. The normalized spacial score (nSPS) is 16.9. The van der Waals surface area contributed by atoms with Gasteiger partial charge < -0.3 is 8.85 Å². The molecule has 0 saturated carbocycles. The highest BCUT2D eigenvalue weighted by Crippen LogP contribution is 2.40. The molecule has 1 rings (SSSR count). The highest BCUT2D eigenvalue weighted by Gasteiger charge is 2.41. The maximum absolute atomic E-state index is 14.4. The quantitative estimate of drug-likeness (QED) is 0.162. The van der Waals surface area contributed by atoms with Crippen molar-refractivity contribution in [1.82, 2.24) is 9.03 Å². The molecule has 0 bridgehead atoms. The van der Waals surface area contributed by atoms with Gasteiger partial charge >= 0.3 is 0 Å². The summed E-state index contributed by atoms with van der Waals surface area (Å²) in [5.74, 6) is 0. The first-order valence-corrected chi connectivity index (χ1v) is 25.6. The average Bonchev–Trinajstić information content (AvgIpc) is 2.88. The van der Waals surface area contributed by atoms with Crippen LogP contribution in [0.25, 0.3) is 0 Å². The standard InChI is InChI=1S/C35H70N2O5S2Si2/c1-18-30(36-43(38)33(5,6)7)20-19-21-31(26-41-45(14,15)34(8,9)10)37(27(2)3)44(39,40)32-24-22-29(23-25-32)28(4)42-46(16,17)35(11,12)13/h22-25,27-28,30-31,36H,18-21,26H2,1-17H3/t28-,30-,31-,43+/m0/s1. The summed E-state index contributed by atoms with van der Waals surface area (Å²) in [6.45, 7) is 36.5. The van der Waals surface area contributed by atoms with Crippen molar-refractivity contribution in [2.24, 2.45) is 0 Å². The Hall–Kier alpha value is -0.406. The van der Waals surface area contributed by atoms with E-state index in [9.17, 15) is 12.6 Å². The molecule has 1 aromatic rings. The number of hydrogen-bond donors (Lipinski definition) is 1. The highest BCUT2D eigenvalue weighted by atomic mass is 32.2. The van der Waals surface area contributed by atoms with Crippen molar-refractivity contribution >= 4 is 37.6 Å². The molecule has 0 aliphatic rings. The summed E-state index contributed by atoms with van der Waals surface area (Å²) in [5.41, 5.74) is 0.975. The lowest BCUT2D eigenvalue weighted by molar-refractivity contribution is 0.161. The molecule has 0 aromatic heterocycles. The lowest BCUT2D eigenvalue weighted by atomic mass is 10.0. The summed E-state index contributed by atoms with van der Waals surface area (Å²) >= 11 is 0. The number of benzene rings is 1. The van der Waals surface area contributed by atoms with Gasteiger partial charge in [0, 0.05) is 18.1 Å². The summed E-state index contributed by atoms with van der Waals surface area (Å²) in [5, 5.41) is 0.0903. The molecule has 0 aliphatic heterocycles. The fraction of sp³-hybridized carbons (Fsp3) is 0.829. The minimum absolute atomic E-state index is 0.00629. The van der Waals surface area contributed by atoms with Gasteiger partial charge in [0.2, 0.25) is 10.0 Å². The molecule has 0 heterocycles. The van der Waals surface area contributed by atoms with Crippen LogP contribution in [0, 0.1) is 0 Å². The van der Waals surface area contributed by atoms with Crippen molar-refractivity contribution in [1.29, 1.82) is 0 Å². The molecule has 1 N–H and O–H groups in total. The smallest absolute Gasteiger partial charge is 0.243 e. The molecule has 0 amide bonds. The van der Waals surface area contributed by atoms with Gasteiger partial charge in [-0.05, 0) is 115 Å². The van der Waals surface area contributed by atoms with Crippen molar-refractivity contribution in [3.8, 4) is 0 Å². The molecule has 0 saturated heterocycles. The Kier molecular flexibility index (Phi) is 15.7. The number of rotatable bonds is 17. The number of nitrogens with one attached hydrogen (secondary N) is 1. The van der Waals surface area contributed by atoms with E-state index in [1.165, 1.54) is 0 Å². The Morgan fingerprint density at radius 1 is 0.848 bits per heavy atom. The van der Waals surface area contributed by atoms with E-state index >= 15 is 0 Å². The van der Waals surface area contributed by atoms with E-state index in [0.717, 1.165) is 24.8 Å². The minimum atomic E-state index is -3.83. The van der Waals surface area contributed by atoms with E-state index in [2.05, 4.69) is 79.4 Å². The first-order valence-electron chi connectivity index (χ1n) is 17.2. The van der Waals surface area contributed by atoms with Crippen molar-refractivity contribution in [2.45, 2.75) is 186 Å². The topological polar surface area (TPSA) is 84.9 Å². The molecule has 0 fully saturated rings.